The van der Waals surface area contributed by atoms with Crippen LogP contribution in [-0.2, 0) is 9.59 Å². The summed E-state index contributed by atoms with van der Waals surface area (Å²) in [7, 11) is 0. The molecule has 0 bridgehead atoms. The second kappa shape index (κ2) is 8.96. The van der Waals surface area contributed by atoms with Gasteiger partial charge in [-0.25, -0.2) is 0 Å². The molecule has 1 unspecified atom stereocenters. The lowest BCUT2D eigenvalue weighted by Gasteiger charge is -2.28. The SMILES string of the molecule is CCNC(=O)c1ccc(Cl)cc1NCC(=O)N1c2ccccc2NC(=O)CC1C. The van der Waals surface area contributed by atoms with Gasteiger partial charge in [0, 0.05) is 29.7 Å². The number of hydrogen-bond donors (Lipinski definition) is 3. The summed E-state index contributed by atoms with van der Waals surface area (Å²) in [6.07, 6.45) is 0.196. The number of anilines is 3. The molecule has 0 fully saturated rings. The monoisotopic (exact) mass is 414 g/mol. The minimum Gasteiger partial charge on any atom is -0.375 e. The van der Waals surface area contributed by atoms with Crippen LogP contribution in [-0.4, -0.2) is 36.9 Å². The molecule has 0 spiro atoms. The Morgan fingerprint density at radius 3 is 2.76 bits per heavy atom. The number of carbonyl (C=O) groups is 3. The predicted octanol–water partition coefficient (Wildman–Crippen LogP) is 3.27. The Morgan fingerprint density at radius 2 is 2.00 bits per heavy atom. The third-order valence-electron chi connectivity index (χ3n) is 4.62. The first-order valence-corrected chi connectivity index (χ1v) is 9.81. The first-order chi connectivity index (χ1) is 13.9. The van der Waals surface area contributed by atoms with E-state index in [0.29, 0.717) is 34.2 Å². The van der Waals surface area contributed by atoms with E-state index in [1.165, 1.54) is 0 Å². The van der Waals surface area contributed by atoms with Crippen molar-refractivity contribution in [3.63, 3.8) is 0 Å². The lowest BCUT2D eigenvalue weighted by Crippen LogP contribution is -2.42. The summed E-state index contributed by atoms with van der Waals surface area (Å²) >= 11 is 6.08. The molecular formula is C21H23ClN4O3. The molecule has 1 heterocycles. The van der Waals surface area contributed by atoms with Crippen LogP contribution in [0.4, 0.5) is 17.1 Å². The van der Waals surface area contributed by atoms with Crippen LogP contribution in [0.2, 0.25) is 5.02 Å². The van der Waals surface area contributed by atoms with Gasteiger partial charge in [0.25, 0.3) is 5.91 Å². The highest BCUT2D eigenvalue weighted by molar-refractivity contribution is 6.31. The first kappa shape index (κ1) is 20.7. The molecule has 0 aromatic heterocycles. The topological polar surface area (TPSA) is 90.5 Å². The second-order valence-corrected chi connectivity index (χ2v) is 7.22. The van der Waals surface area contributed by atoms with E-state index in [2.05, 4.69) is 16.0 Å². The van der Waals surface area contributed by atoms with Crippen LogP contribution in [0.1, 0.15) is 30.6 Å². The molecule has 3 amide bonds. The van der Waals surface area contributed by atoms with Crippen molar-refractivity contribution in [1.29, 1.82) is 0 Å². The zero-order valence-corrected chi connectivity index (χ0v) is 17.0. The van der Waals surface area contributed by atoms with Gasteiger partial charge in [-0.05, 0) is 44.2 Å². The second-order valence-electron chi connectivity index (χ2n) is 6.79. The number of fused-ring (bicyclic) bond motifs is 1. The summed E-state index contributed by atoms with van der Waals surface area (Å²) < 4.78 is 0. The predicted molar refractivity (Wildman–Crippen MR) is 115 cm³/mol. The van der Waals surface area contributed by atoms with E-state index in [1.807, 2.05) is 19.9 Å². The van der Waals surface area contributed by atoms with Gasteiger partial charge < -0.3 is 20.9 Å². The summed E-state index contributed by atoms with van der Waals surface area (Å²) in [5.41, 5.74) is 2.13. The number of carbonyl (C=O) groups excluding carboxylic acids is 3. The molecular weight excluding hydrogens is 392 g/mol. The summed E-state index contributed by atoms with van der Waals surface area (Å²) in [4.78, 5) is 39.1. The fourth-order valence-electron chi connectivity index (χ4n) is 3.34. The third kappa shape index (κ3) is 4.68. The van der Waals surface area contributed by atoms with E-state index in [4.69, 9.17) is 11.6 Å². The van der Waals surface area contributed by atoms with E-state index in [1.54, 1.807) is 41.3 Å². The first-order valence-electron chi connectivity index (χ1n) is 9.43. The van der Waals surface area contributed by atoms with E-state index in [-0.39, 0.29) is 36.7 Å². The molecule has 1 atom stereocenters. The molecule has 1 aliphatic rings. The molecule has 3 rings (SSSR count). The van der Waals surface area contributed by atoms with Gasteiger partial charge in [-0.3, -0.25) is 14.4 Å². The summed E-state index contributed by atoms with van der Waals surface area (Å²) in [5, 5.41) is 9.06. The van der Waals surface area contributed by atoms with Gasteiger partial charge in [-0.1, -0.05) is 23.7 Å². The number of para-hydroxylation sites is 2. The van der Waals surface area contributed by atoms with Crippen molar-refractivity contribution in [2.45, 2.75) is 26.3 Å². The van der Waals surface area contributed by atoms with Gasteiger partial charge in [0.05, 0.1) is 23.5 Å². The Morgan fingerprint density at radius 1 is 1.24 bits per heavy atom. The highest BCUT2D eigenvalue weighted by Crippen LogP contribution is 2.31. The molecule has 0 saturated heterocycles. The third-order valence-corrected chi connectivity index (χ3v) is 4.86. The molecule has 0 radical (unpaired) electrons. The zero-order valence-electron chi connectivity index (χ0n) is 16.3. The van der Waals surface area contributed by atoms with Crippen molar-refractivity contribution in [2.24, 2.45) is 0 Å². The molecule has 0 aliphatic carbocycles. The van der Waals surface area contributed by atoms with Crippen LogP contribution >= 0.6 is 11.6 Å². The average molecular weight is 415 g/mol. The van der Waals surface area contributed by atoms with Crippen LogP contribution < -0.4 is 20.9 Å². The largest absolute Gasteiger partial charge is 0.375 e. The maximum Gasteiger partial charge on any atom is 0.253 e. The van der Waals surface area contributed by atoms with Crippen molar-refractivity contribution in [3.8, 4) is 0 Å². The standard InChI is InChI=1S/C21H23ClN4O3/c1-3-23-21(29)15-9-8-14(22)11-17(15)24-12-20(28)26-13(2)10-19(27)25-16-6-4-5-7-18(16)26/h4-9,11,13,24H,3,10,12H2,1-2H3,(H,23,29)(H,25,27). The van der Waals surface area contributed by atoms with Gasteiger partial charge in [-0.15, -0.1) is 0 Å². The Kier molecular flexibility index (Phi) is 6.39. The average Bonchev–Trinajstić information content (AvgIpc) is 2.80. The normalized spacial score (nSPS) is 15.8. The van der Waals surface area contributed by atoms with E-state index in [0.717, 1.165) is 0 Å². The summed E-state index contributed by atoms with van der Waals surface area (Å²) in [5.74, 6) is -0.604. The van der Waals surface area contributed by atoms with E-state index in [9.17, 15) is 14.4 Å². The maximum absolute atomic E-state index is 13.1. The van der Waals surface area contributed by atoms with Gasteiger partial charge in [-0.2, -0.15) is 0 Å². The summed E-state index contributed by atoms with van der Waals surface area (Å²) in [6, 6.07) is 11.7. The minimum absolute atomic E-state index is 0.0559. The lowest BCUT2D eigenvalue weighted by molar-refractivity contribution is -0.118. The fourth-order valence-corrected chi connectivity index (χ4v) is 3.51. The molecule has 2 aromatic carbocycles. The van der Waals surface area contributed by atoms with Crippen molar-refractivity contribution in [3.05, 3.63) is 53.1 Å². The van der Waals surface area contributed by atoms with Crippen LogP contribution in [0.3, 0.4) is 0 Å². The number of benzene rings is 2. The summed E-state index contributed by atoms with van der Waals surface area (Å²) in [6.45, 7) is 4.10. The number of nitrogens with one attached hydrogen (secondary N) is 3. The van der Waals surface area contributed by atoms with Crippen LogP contribution in [0.15, 0.2) is 42.5 Å². The van der Waals surface area contributed by atoms with Gasteiger partial charge in [0.15, 0.2) is 0 Å². The van der Waals surface area contributed by atoms with Crippen molar-refractivity contribution < 1.29 is 14.4 Å². The van der Waals surface area contributed by atoms with E-state index < -0.39 is 0 Å². The Balaban J connectivity index is 1.83. The number of halogens is 1. The molecule has 0 saturated carbocycles. The van der Waals surface area contributed by atoms with Crippen molar-refractivity contribution in [2.75, 3.05) is 28.6 Å². The maximum atomic E-state index is 13.1. The number of nitrogens with zero attached hydrogens (tertiary/aromatic N) is 1. The highest BCUT2D eigenvalue weighted by atomic mass is 35.5. The fraction of sp³-hybridized carbons (Fsp3) is 0.286. The van der Waals surface area contributed by atoms with Gasteiger partial charge in [0.1, 0.15) is 0 Å². The molecule has 29 heavy (non-hydrogen) atoms. The van der Waals surface area contributed by atoms with Crippen molar-refractivity contribution in [1.82, 2.24) is 5.32 Å². The molecule has 2 aromatic rings. The highest BCUT2D eigenvalue weighted by Gasteiger charge is 2.29. The van der Waals surface area contributed by atoms with Gasteiger partial charge in [0.2, 0.25) is 11.8 Å². The smallest absolute Gasteiger partial charge is 0.253 e. The zero-order chi connectivity index (χ0) is 21.0. The van der Waals surface area contributed by atoms with E-state index >= 15 is 0 Å². The van der Waals surface area contributed by atoms with Crippen molar-refractivity contribution >= 4 is 46.4 Å². The van der Waals surface area contributed by atoms with Crippen LogP contribution in [0.25, 0.3) is 0 Å². The van der Waals surface area contributed by atoms with Crippen LogP contribution in [0.5, 0.6) is 0 Å². The van der Waals surface area contributed by atoms with Gasteiger partial charge >= 0.3 is 0 Å². The van der Waals surface area contributed by atoms with Crippen LogP contribution in [0, 0.1) is 0 Å². The Hall–Kier alpha value is -3.06. The Labute approximate surface area is 174 Å². The molecule has 8 heteroatoms. The molecule has 152 valence electrons. The lowest BCUT2D eigenvalue weighted by atomic mass is 10.1. The molecule has 3 N–H and O–H groups in total. The quantitative estimate of drug-likeness (QED) is 0.700. The minimum atomic E-state index is -0.310. The number of rotatable bonds is 5. The number of amides is 3. The Bertz CT molecular complexity index is 947. The molecule has 7 nitrogen and oxygen atoms in total. The molecule has 1 aliphatic heterocycles. The number of hydrogen-bond acceptors (Lipinski definition) is 4.